The molecule has 3 heteroatoms. The van der Waals surface area contributed by atoms with E-state index in [1.165, 1.54) is 6.42 Å². The number of halogens is 1. The van der Waals surface area contributed by atoms with E-state index >= 15 is 0 Å². The summed E-state index contributed by atoms with van der Waals surface area (Å²) in [5, 5.41) is 0. The lowest BCUT2D eigenvalue weighted by molar-refractivity contribution is -0.134. The average Bonchev–Trinajstić information content (AvgIpc) is 2.74. The van der Waals surface area contributed by atoms with Crippen molar-refractivity contribution in [3.05, 3.63) is 0 Å². The van der Waals surface area contributed by atoms with Crippen LogP contribution in [0.15, 0.2) is 0 Å². The van der Waals surface area contributed by atoms with Crippen LogP contribution in [0.5, 0.6) is 0 Å². The molecule has 2 fully saturated rings. The minimum atomic E-state index is 0.274. The highest BCUT2D eigenvalue weighted by atomic mass is 79.9. The molecule has 14 heavy (non-hydrogen) atoms. The topological polar surface area (TPSA) is 20.3 Å². The zero-order valence-electron chi connectivity index (χ0n) is 8.92. The van der Waals surface area contributed by atoms with E-state index in [0.29, 0.717) is 16.7 Å². The minimum Gasteiger partial charge on any atom is -0.341 e. The molecule has 2 unspecified atom stereocenters. The van der Waals surface area contributed by atoms with Crippen molar-refractivity contribution >= 4 is 21.8 Å². The largest absolute Gasteiger partial charge is 0.341 e. The molecular formula is C11H18BrNO. The SMILES string of the molecule is CC1(C)CC1C(=O)N1CCCC(Br)C1. The number of rotatable bonds is 1. The summed E-state index contributed by atoms with van der Waals surface area (Å²) >= 11 is 3.60. The predicted octanol–water partition coefficient (Wildman–Crippen LogP) is 2.42. The van der Waals surface area contributed by atoms with Crippen molar-refractivity contribution in [2.24, 2.45) is 11.3 Å². The number of hydrogen-bond donors (Lipinski definition) is 0. The molecule has 0 aromatic heterocycles. The van der Waals surface area contributed by atoms with Crippen molar-refractivity contribution in [2.45, 2.75) is 37.9 Å². The molecule has 1 aliphatic heterocycles. The Kier molecular flexibility index (Phi) is 2.63. The third-order valence-electron chi connectivity index (χ3n) is 3.49. The van der Waals surface area contributed by atoms with E-state index in [2.05, 4.69) is 29.8 Å². The Bertz CT molecular complexity index is 252. The number of piperidine rings is 1. The summed E-state index contributed by atoms with van der Waals surface area (Å²) < 4.78 is 0. The zero-order valence-corrected chi connectivity index (χ0v) is 10.5. The van der Waals surface area contributed by atoms with E-state index in [9.17, 15) is 4.79 Å². The summed E-state index contributed by atoms with van der Waals surface area (Å²) in [7, 11) is 0. The van der Waals surface area contributed by atoms with Gasteiger partial charge in [-0.3, -0.25) is 4.79 Å². The van der Waals surface area contributed by atoms with Crippen molar-refractivity contribution in [2.75, 3.05) is 13.1 Å². The maximum Gasteiger partial charge on any atom is 0.226 e. The lowest BCUT2D eigenvalue weighted by Crippen LogP contribution is -2.41. The van der Waals surface area contributed by atoms with E-state index in [1.807, 2.05) is 4.90 Å². The molecular weight excluding hydrogens is 242 g/mol. The molecule has 1 amide bonds. The van der Waals surface area contributed by atoms with Gasteiger partial charge in [0.2, 0.25) is 5.91 Å². The van der Waals surface area contributed by atoms with Crippen LogP contribution in [0.4, 0.5) is 0 Å². The van der Waals surface area contributed by atoms with Crippen LogP contribution in [0.3, 0.4) is 0 Å². The molecule has 2 nitrogen and oxygen atoms in total. The number of likely N-dealkylation sites (tertiary alicyclic amines) is 1. The lowest BCUT2D eigenvalue weighted by Gasteiger charge is -2.30. The van der Waals surface area contributed by atoms with Gasteiger partial charge < -0.3 is 4.90 Å². The maximum absolute atomic E-state index is 12.0. The molecule has 0 spiro atoms. The summed E-state index contributed by atoms with van der Waals surface area (Å²) in [6, 6.07) is 0. The van der Waals surface area contributed by atoms with Gasteiger partial charge in [0.15, 0.2) is 0 Å². The molecule has 2 aliphatic rings. The van der Waals surface area contributed by atoms with Gasteiger partial charge in [-0.15, -0.1) is 0 Å². The second-order valence-electron chi connectivity index (χ2n) is 5.27. The summed E-state index contributed by atoms with van der Waals surface area (Å²) in [6.45, 7) is 6.25. The van der Waals surface area contributed by atoms with E-state index < -0.39 is 0 Å². The monoisotopic (exact) mass is 259 g/mol. The first-order valence-electron chi connectivity index (χ1n) is 5.43. The number of amides is 1. The number of carbonyl (C=O) groups excluding carboxylic acids is 1. The Hall–Kier alpha value is -0.0500. The molecule has 0 aromatic rings. The standard InChI is InChI=1S/C11H18BrNO/c1-11(2)6-9(11)10(14)13-5-3-4-8(12)7-13/h8-9H,3-7H2,1-2H3. The first-order chi connectivity index (χ1) is 6.50. The number of carbonyl (C=O) groups is 1. The predicted molar refractivity (Wildman–Crippen MR) is 60.4 cm³/mol. The van der Waals surface area contributed by atoms with Crippen molar-refractivity contribution in [3.8, 4) is 0 Å². The summed E-state index contributed by atoms with van der Waals surface area (Å²) in [5.74, 6) is 0.694. The van der Waals surface area contributed by atoms with Gasteiger partial charge in [-0.2, -0.15) is 0 Å². The number of alkyl halides is 1. The van der Waals surface area contributed by atoms with Crippen molar-refractivity contribution in [3.63, 3.8) is 0 Å². The number of nitrogens with zero attached hydrogens (tertiary/aromatic N) is 1. The molecule has 2 rings (SSSR count). The van der Waals surface area contributed by atoms with Gasteiger partial charge in [-0.05, 0) is 24.7 Å². The summed E-state index contributed by atoms with van der Waals surface area (Å²) in [4.78, 5) is 14.6. The highest BCUT2D eigenvalue weighted by molar-refractivity contribution is 9.09. The Labute approximate surface area is 94.2 Å². The second-order valence-corrected chi connectivity index (χ2v) is 6.56. The van der Waals surface area contributed by atoms with Crippen LogP contribution in [0.2, 0.25) is 0 Å². The minimum absolute atomic E-state index is 0.274. The fourth-order valence-corrected chi connectivity index (χ4v) is 2.91. The Balaban J connectivity index is 1.92. The van der Waals surface area contributed by atoms with Gasteiger partial charge in [0.25, 0.3) is 0 Å². The molecule has 0 radical (unpaired) electrons. The molecule has 1 saturated carbocycles. The second kappa shape index (κ2) is 3.51. The maximum atomic E-state index is 12.0. The van der Waals surface area contributed by atoms with Gasteiger partial charge in [-0.1, -0.05) is 29.8 Å². The van der Waals surface area contributed by atoms with E-state index in [0.717, 1.165) is 25.9 Å². The quantitative estimate of drug-likeness (QED) is 0.663. The highest BCUT2D eigenvalue weighted by Gasteiger charge is 2.52. The normalized spacial score (nSPS) is 35.5. The van der Waals surface area contributed by atoms with Crippen molar-refractivity contribution < 1.29 is 4.79 Å². The zero-order chi connectivity index (χ0) is 10.3. The fourth-order valence-electron chi connectivity index (χ4n) is 2.23. The van der Waals surface area contributed by atoms with Crippen LogP contribution < -0.4 is 0 Å². The molecule has 0 bridgehead atoms. The van der Waals surface area contributed by atoms with Crippen LogP contribution in [-0.4, -0.2) is 28.7 Å². The van der Waals surface area contributed by atoms with Crippen LogP contribution in [-0.2, 0) is 4.79 Å². The molecule has 1 saturated heterocycles. The Morgan fingerprint density at radius 3 is 2.64 bits per heavy atom. The lowest BCUT2D eigenvalue weighted by atomic mass is 10.1. The average molecular weight is 260 g/mol. The first-order valence-corrected chi connectivity index (χ1v) is 6.35. The summed E-state index contributed by atoms with van der Waals surface area (Å²) in [6.07, 6.45) is 3.43. The molecule has 0 aromatic carbocycles. The Morgan fingerprint density at radius 1 is 1.50 bits per heavy atom. The van der Waals surface area contributed by atoms with Gasteiger partial charge in [-0.25, -0.2) is 0 Å². The summed E-state index contributed by atoms with van der Waals surface area (Å²) in [5.41, 5.74) is 0.274. The fraction of sp³-hybridized carbons (Fsp3) is 0.909. The highest BCUT2D eigenvalue weighted by Crippen LogP contribution is 2.52. The smallest absolute Gasteiger partial charge is 0.226 e. The van der Waals surface area contributed by atoms with Gasteiger partial charge in [0, 0.05) is 23.8 Å². The number of hydrogen-bond acceptors (Lipinski definition) is 1. The van der Waals surface area contributed by atoms with Crippen molar-refractivity contribution in [1.82, 2.24) is 4.90 Å². The van der Waals surface area contributed by atoms with E-state index in [1.54, 1.807) is 0 Å². The Morgan fingerprint density at radius 2 is 2.14 bits per heavy atom. The third kappa shape index (κ3) is 1.97. The molecule has 2 atom stereocenters. The third-order valence-corrected chi connectivity index (χ3v) is 4.23. The first kappa shape index (κ1) is 10.5. The van der Waals surface area contributed by atoms with Crippen LogP contribution >= 0.6 is 15.9 Å². The van der Waals surface area contributed by atoms with Crippen LogP contribution in [0, 0.1) is 11.3 Å². The van der Waals surface area contributed by atoms with Gasteiger partial charge >= 0.3 is 0 Å². The molecule has 80 valence electrons. The molecule has 0 N–H and O–H groups in total. The van der Waals surface area contributed by atoms with E-state index in [-0.39, 0.29) is 5.41 Å². The van der Waals surface area contributed by atoms with Crippen molar-refractivity contribution in [1.29, 1.82) is 0 Å². The van der Waals surface area contributed by atoms with Crippen LogP contribution in [0.1, 0.15) is 33.1 Å². The van der Waals surface area contributed by atoms with Gasteiger partial charge in [0.1, 0.15) is 0 Å². The van der Waals surface area contributed by atoms with E-state index in [4.69, 9.17) is 0 Å². The van der Waals surface area contributed by atoms with Crippen LogP contribution in [0.25, 0.3) is 0 Å². The molecule has 1 aliphatic carbocycles. The molecule has 1 heterocycles. The van der Waals surface area contributed by atoms with Gasteiger partial charge in [0.05, 0.1) is 0 Å².